The second-order valence-electron chi connectivity index (χ2n) is 14.7. The average molecular weight is 1460 g/mol. The molecule has 73 heavy (non-hydrogen) atoms. The van der Waals surface area contributed by atoms with Gasteiger partial charge in [-0.3, -0.25) is 9.97 Å². The molecule has 380 valence electrons. The van der Waals surface area contributed by atoms with Crippen LogP contribution >= 0.6 is 59.8 Å². The summed E-state index contributed by atoms with van der Waals surface area (Å²) in [4.78, 5) is 14.9. The fourth-order valence-corrected chi connectivity index (χ4v) is 7.04. The molecule has 0 radical (unpaired) electrons. The minimum Gasteiger partial charge on any atom is -0.456 e. The molecule has 0 amide bonds. The van der Waals surface area contributed by atoms with E-state index in [9.17, 15) is 27.8 Å². The van der Waals surface area contributed by atoms with Crippen LogP contribution in [-0.4, -0.2) is 49.7 Å². The van der Waals surface area contributed by atoms with Crippen LogP contribution in [0, 0.1) is 49.8 Å². The Bertz CT molecular complexity index is 3170. The minimum atomic E-state index is -4.16. The molecule has 0 aliphatic heterocycles. The number of pyridine rings is 2. The minimum absolute atomic E-state index is 0. The van der Waals surface area contributed by atoms with Gasteiger partial charge in [-0.1, -0.05) is 7.43 Å². The van der Waals surface area contributed by atoms with E-state index in [4.69, 9.17) is 20.0 Å². The summed E-state index contributed by atoms with van der Waals surface area (Å²) in [7, 11) is 0. The predicted octanol–water partition coefficient (Wildman–Crippen LogP) is 8.61. The van der Waals surface area contributed by atoms with Gasteiger partial charge in [0.2, 0.25) is 0 Å². The van der Waals surface area contributed by atoms with E-state index < -0.39 is 81.9 Å². The standard InChI is InChI=1S/C23H14F4IN5O2.C23H15F4N5O2.CH4.I3/c24-15-3-7-18(19(25)9-15)22(34,12-33-21(28)31-13-32-33)23(26,27)20-8-6-17(11-30-20)35-16-4-1-14(10-29)2-5-16;24-16-3-7-19(20(25)9-16)22(33,12-32-14-29-13-31-32)23(26,27)21-8-6-18(11-30-21)34-17-4-1-15(10-28)2-5-17;;1-3-2/h1-9,11,13,34H,12H2;1-9,11,13-14,33H,12H2;1H4;/q;;;-1. The van der Waals surface area contributed by atoms with Crippen molar-refractivity contribution >= 4 is 59.8 Å². The quantitative estimate of drug-likeness (QED) is 0.0779. The molecule has 0 saturated heterocycles. The molecule has 0 bridgehead atoms. The van der Waals surface area contributed by atoms with Gasteiger partial charge in [0.15, 0.2) is 15.0 Å². The summed E-state index contributed by atoms with van der Waals surface area (Å²) < 4.78 is 132. The predicted molar refractivity (Wildman–Crippen MR) is 267 cm³/mol. The fourth-order valence-electron chi connectivity index (χ4n) is 6.62. The van der Waals surface area contributed by atoms with Crippen LogP contribution in [0.15, 0.2) is 141 Å². The van der Waals surface area contributed by atoms with Crippen LogP contribution < -0.4 is 22.7 Å². The second kappa shape index (κ2) is 25.5. The van der Waals surface area contributed by atoms with Crippen LogP contribution in [0.2, 0.25) is 0 Å². The summed E-state index contributed by atoms with van der Waals surface area (Å²) >= 11 is 7.02. The number of halogens is 12. The molecule has 0 aliphatic rings. The Morgan fingerprint density at radius 3 is 1.36 bits per heavy atom. The molecular weight excluding hydrogens is 1430 g/mol. The first-order valence-electron chi connectivity index (χ1n) is 19.9. The Hall–Kier alpha value is -5.68. The first-order chi connectivity index (χ1) is 34.3. The maximum atomic E-state index is 15.8. The van der Waals surface area contributed by atoms with Gasteiger partial charge in [0.05, 0.1) is 48.7 Å². The van der Waals surface area contributed by atoms with Crippen molar-refractivity contribution in [1.29, 1.82) is 10.5 Å². The number of aliphatic hydroxyl groups is 2. The molecule has 14 nitrogen and oxygen atoms in total. The molecule has 8 aromatic rings. The smallest absolute Gasteiger partial charge is 0.323 e. The zero-order valence-corrected chi connectivity index (χ0v) is 44.5. The number of hydrogen-bond donors (Lipinski definition) is 2. The third-order valence-electron chi connectivity index (χ3n) is 10.2. The van der Waals surface area contributed by atoms with E-state index in [-0.39, 0.29) is 22.8 Å². The van der Waals surface area contributed by atoms with Crippen molar-refractivity contribution in [2.24, 2.45) is 0 Å². The molecule has 0 spiro atoms. The average Bonchev–Trinajstić information content (AvgIpc) is 4.03. The van der Waals surface area contributed by atoms with Crippen LogP contribution in [0.5, 0.6) is 23.0 Å². The van der Waals surface area contributed by atoms with E-state index >= 15 is 17.6 Å². The number of benzene rings is 4. The first kappa shape index (κ1) is 58.2. The second-order valence-corrected chi connectivity index (χ2v) is 31.9. The summed E-state index contributed by atoms with van der Waals surface area (Å²) in [5.41, 5.74) is -9.01. The molecule has 0 aliphatic carbocycles. The van der Waals surface area contributed by atoms with Crippen LogP contribution in [0.3, 0.4) is 0 Å². The Balaban J connectivity index is 0.000000254. The third-order valence-corrected chi connectivity index (χ3v) is 11.0. The van der Waals surface area contributed by atoms with Gasteiger partial charge in [-0.25, -0.2) is 36.9 Å². The van der Waals surface area contributed by atoms with Crippen LogP contribution in [0.25, 0.3) is 0 Å². The van der Waals surface area contributed by atoms with Gasteiger partial charge in [0.1, 0.15) is 76.6 Å². The van der Waals surface area contributed by atoms with Gasteiger partial charge < -0.3 is 19.7 Å². The molecule has 2 N–H and O–H groups in total. The first-order valence-corrected chi connectivity index (χ1v) is 33.6. The molecule has 0 saturated carbocycles. The van der Waals surface area contributed by atoms with Crippen molar-refractivity contribution in [2.75, 3.05) is 0 Å². The van der Waals surface area contributed by atoms with E-state index in [1.807, 2.05) is 12.1 Å². The maximum absolute atomic E-state index is 15.8. The van der Waals surface area contributed by atoms with Crippen molar-refractivity contribution in [3.8, 4) is 35.1 Å². The summed E-state index contributed by atoms with van der Waals surface area (Å²) in [6.45, 7) is -1.79. The van der Waals surface area contributed by atoms with Gasteiger partial charge in [-0.05, 0) is 97.1 Å². The van der Waals surface area contributed by atoms with E-state index in [0.29, 0.717) is 48.0 Å². The number of aromatic nitrogens is 8. The molecule has 4 aromatic heterocycles. The Morgan fingerprint density at radius 1 is 0.589 bits per heavy atom. The van der Waals surface area contributed by atoms with Gasteiger partial charge in [-0.15, -0.1) is 0 Å². The number of rotatable bonds is 14. The molecule has 4 aromatic carbocycles. The van der Waals surface area contributed by atoms with Crippen LogP contribution in [0.1, 0.15) is 41.1 Å². The van der Waals surface area contributed by atoms with Gasteiger partial charge in [0.25, 0.3) is 0 Å². The zero-order valence-electron chi connectivity index (χ0n) is 35.9. The van der Waals surface area contributed by atoms with E-state index in [1.54, 1.807) is 22.6 Å². The van der Waals surface area contributed by atoms with E-state index in [0.717, 1.165) is 77.1 Å². The van der Waals surface area contributed by atoms with Crippen molar-refractivity contribution in [3.05, 3.63) is 201 Å². The topological polar surface area (TPSA) is 194 Å². The van der Waals surface area contributed by atoms with Gasteiger partial charge in [-0.2, -0.15) is 38.3 Å². The SMILES string of the molecule is C.I[I-]I.N#Cc1ccc(Oc2ccc(C(F)(F)C(O)(Cn3cncn3)c3ccc(F)cc3F)nc2)cc1.N#Cc1ccc(Oc2ccc(C(F)(F)C(O)(Cn3ncnc3I)c3ccc(F)cc3F)nc2)cc1. The van der Waals surface area contributed by atoms with Crippen molar-refractivity contribution in [1.82, 2.24) is 39.5 Å². The van der Waals surface area contributed by atoms with Crippen molar-refractivity contribution < 1.29 is 68.1 Å². The maximum Gasteiger partial charge on any atom is 0.323 e. The molecule has 0 fully saturated rings. The van der Waals surface area contributed by atoms with Gasteiger partial charge >= 0.3 is 62.3 Å². The molecule has 26 heteroatoms. The third kappa shape index (κ3) is 13.7. The van der Waals surface area contributed by atoms with Crippen molar-refractivity contribution in [2.45, 2.75) is 43.6 Å². The Labute approximate surface area is 453 Å². The number of alkyl halides is 4. The summed E-state index contributed by atoms with van der Waals surface area (Å²) in [5.74, 6) is -12.1. The number of ether oxygens (including phenoxy) is 2. The molecule has 2 unspecified atom stereocenters. The van der Waals surface area contributed by atoms with Crippen LogP contribution in [0.4, 0.5) is 35.1 Å². The Kier molecular flexibility index (Phi) is 20.3. The van der Waals surface area contributed by atoms with Gasteiger partial charge in [0, 0.05) is 45.9 Å². The molecule has 2 atom stereocenters. The fraction of sp³-hybridized carbons (Fsp3) is 0.149. The number of nitriles is 2. The summed E-state index contributed by atoms with van der Waals surface area (Å²) in [5, 5.41) is 47.7. The largest absolute Gasteiger partial charge is 0.456 e. The molecule has 4 heterocycles. The summed E-state index contributed by atoms with van der Waals surface area (Å²) in [6, 6.07) is 24.2. The summed E-state index contributed by atoms with van der Waals surface area (Å²) in [6.07, 6.45) is 5.26. The zero-order chi connectivity index (χ0) is 52.3. The van der Waals surface area contributed by atoms with E-state index in [1.165, 1.54) is 60.7 Å². The monoisotopic (exact) mass is 1460 g/mol. The molecule has 8 rings (SSSR count). The normalized spacial score (nSPS) is 12.8. The van der Waals surface area contributed by atoms with E-state index in [2.05, 4.69) is 67.4 Å². The van der Waals surface area contributed by atoms with Crippen LogP contribution in [-0.2, 0) is 36.1 Å². The number of nitrogens with zero attached hydrogens (tertiary/aromatic N) is 10. The molecular formula is C47H33F8I4N10O4-. The number of hydrogen-bond acceptors (Lipinski definition) is 12. The Morgan fingerprint density at radius 2 is 1.01 bits per heavy atom. The van der Waals surface area contributed by atoms with Crippen molar-refractivity contribution in [3.63, 3.8) is 0 Å².